The van der Waals surface area contributed by atoms with Gasteiger partial charge < -0.3 is 14.4 Å². The van der Waals surface area contributed by atoms with Gasteiger partial charge in [-0.25, -0.2) is 13.1 Å². The third kappa shape index (κ3) is 24.3. The van der Waals surface area contributed by atoms with Crippen LogP contribution < -0.4 is 4.72 Å². The molecule has 0 aromatic heterocycles. The zero-order valence-corrected chi connectivity index (χ0v) is 40.2. The molecule has 0 aromatic rings. The van der Waals surface area contributed by atoms with Crippen molar-refractivity contribution >= 4 is 22.0 Å². The number of esters is 2. The Kier molecular flexibility index (Phi) is 30.5. The minimum atomic E-state index is -3.14. The van der Waals surface area contributed by atoms with Crippen molar-refractivity contribution in [2.75, 3.05) is 58.2 Å². The van der Waals surface area contributed by atoms with Crippen molar-refractivity contribution in [2.24, 2.45) is 17.3 Å². The van der Waals surface area contributed by atoms with Crippen LogP contribution in [0.25, 0.3) is 0 Å². The van der Waals surface area contributed by atoms with E-state index in [0.29, 0.717) is 12.0 Å². The van der Waals surface area contributed by atoms with Crippen LogP contribution in [0.5, 0.6) is 0 Å². The Hall–Kier alpha value is -1.23. The number of likely N-dealkylation sites (tertiary alicyclic amines) is 2. The maximum atomic E-state index is 13.8. The molecule has 2 rings (SSSR count). The van der Waals surface area contributed by atoms with Gasteiger partial charge in [-0.2, -0.15) is 0 Å². The van der Waals surface area contributed by atoms with Gasteiger partial charge in [0.1, 0.15) is 13.2 Å². The number of carbonyl (C=O) groups excluding carboxylic acids is 2. The Balaban J connectivity index is 2.07. The van der Waals surface area contributed by atoms with Crippen LogP contribution in [0.2, 0.25) is 0 Å². The van der Waals surface area contributed by atoms with Gasteiger partial charge in [0.15, 0.2) is 0 Å². The van der Waals surface area contributed by atoms with Crippen molar-refractivity contribution in [3.63, 3.8) is 0 Å². The SMILES string of the molecule is CCCCCCCCC(CCCCCC)C(=O)OCC(COC(=O)C(CCCCCC)CCCCCCCC)N1CCC2(CCN(CCCNS(=O)(=O)CC)CC2)CC1. The number of unbranched alkanes of at least 4 members (excludes halogenated alkanes) is 16. The number of rotatable bonds is 37. The van der Waals surface area contributed by atoms with Crippen molar-refractivity contribution < 1.29 is 27.5 Å². The van der Waals surface area contributed by atoms with E-state index >= 15 is 0 Å². The van der Waals surface area contributed by atoms with E-state index < -0.39 is 10.0 Å². The number of piperidine rings is 2. The normalized spacial score (nSPS) is 17.8. The fourth-order valence-electron chi connectivity index (χ4n) is 9.34. The number of carbonyl (C=O) groups is 2. The number of ether oxygens (including phenoxy) is 2. The summed E-state index contributed by atoms with van der Waals surface area (Å²) in [5.74, 6) is -0.0710. The summed E-state index contributed by atoms with van der Waals surface area (Å²) in [6.45, 7) is 16.6. The van der Waals surface area contributed by atoms with Crippen molar-refractivity contribution in [2.45, 2.75) is 227 Å². The van der Waals surface area contributed by atoms with Gasteiger partial charge >= 0.3 is 11.9 Å². The molecule has 0 aliphatic carbocycles. The average molecular weight is 854 g/mol. The third-order valence-corrected chi connectivity index (χ3v) is 15.2. The van der Waals surface area contributed by atoms with Crippen LogP contribution in [-0.4, -0.2) is 94.4 Å². The lowest BCUT2D eigenvalue weighted by Crippen LogP contribution is -2.52. The zero-order chi connectivity index (χ0) is 43.0. The molecular weight excluding hydrogens is 759 g/mol. The molecule has 59 heavy (non-hydrogen) atoms. The van der Waals surface area contributed by atoms with Gasteiger partial charge in [0.25, 0.3) is 0 Å². The first-order valence-electron chi connectivity index (χ1n) is 25.4. The maximum absolute atomic E-state index is 13.8. The zero-order valence-electron chi connectivity index (χ0n) is 39.4. The predicted molar refractivity (Wildman–Crippen MR) is 247 cm³/mol. The van der Waals surface area contributed by atoms with Gasteiger partial charge in [0.2, 0.25) is 10.0 Å². The summed E-state index contributed by atoms with van der Waals surface area (Å²) in [5.41, 5.74) is 0.316. The summed E-state index contributed by atoms with van der Waals surface area (Å²) in [7, 11) is -3.14. The molecule has 9 nitrogen and oxygen atoms in total. The van der Waals surface area contributed by atoms with Gasteiger partial charge in [0, 0.05) is 6.54 Å². The molecule has 2 aliphatic heterocycles. The average Bonchev–Trinajstić information content (AvgIpc) is 3.24. The van der Waals surface area contributed by atoms with E-state index in [1.807, 2.05) is 0 Å². The highest BCUT2D eigenvalue weighted by Gasteiger charge is 2.39. The topological polar surface area (TPSA) is 105 Å². The minimum absolute atomic E-state index is 0.0484. The molecule has 2 unspecified atom stereocenters. The predicted octanol–water partition coefficient (Wildman–Crippen LogP) is 11.6. The standard InChI is InChI=1S/C49H95N3O6S/c1-6-11-15-19-21-25-30-44(28-23-17-13-8-3)47(53)57-42-46(43-58-48(54)45(29-24-18-14-9-4)31-26-22-20-16-12-7-2)52-40-34-49(35-41-52)32-38-51(39-33-49)37-27-36-50-59(55,56)10-5/h44-46,50H,6-43H2,1-5H3. The van der Waals surface area contributed by atoms with E-state index in [9.17, 15) is 18.0 Å². The fraction of sp³-hybridized carbons (Fsp3) is 0.959. The van der Waals surface area contributed by atoms with Gasteiger partial charge in [-0.1, -0.05) is 156 Å². The van der Waals surface area contributed by atoms with Crippen molar-refractivity contribution in [1.29, 1.82) is 0 Å². The molecule has 0 radical (unpaired) electrons. The molecule has 0 aromatic carbocycles. The van der Waals surface area contributed by atoms with Crippen molar-refractivity contribution in [3.05, 3.63) is 0 Å². The second-order valence-corrected chi connectivity index (χ2v) is 20.7. The van der Waals surface area contributed by atoms with Gasteiger partial charge in [0.05, 0.1) is 23.6 Å². The quantitative estimate of drug-likeness (QED) is 0.0487. The smallest absolute Gasteiger partial charge is 0.308 e. The van der Waals surface area contributed by atoms with Gasteiger partial charge in [-0.15, -0.1) is 0 Å². The highest BCUT2D eigenvalue weighted by atomic mass is 32.2. The summed E-state index contributed by atoms with van der Waals surface area (Å²) < 4.78 is 38.9. The Morgan fingerprint density at radius 3 is 1.32 bits per heavy atom. The van der Waals surface area contributed by atoms with Crippen LogP contribution in [0.15, 0.2) is 0 Å². The van der Waals surface area contributed by atoms with E-state index in [1.54, 1.807) is 6.92 Å². The lowest BCUT2D eigenvalue weighted by atomic mass is 9.71. The third-order valence-electron chi connectivity index (χ3n) is 13.8. The first-order chi connectivity index (χ1) is 28.6. The molecule has 2 heterocycles. The summed E-state index contributed by atoms with van der Waals surface area (Å²) in [5, 5.41) is 0. The van der Waals surface area contributed by atoms with Crippen LogP contribution >= 0.6 is 0 Å². The molecule has 1 N–H and O–H groups in total. The largest absolute Gasteiger partial charge is 0.464 e. The summed E-state index contributed by atoms with van der Waals surface area (Å²) in [4.78, 5) is 32.6. The number of nitrogens with zero attached hydrogens (tertiary/aromatic N) is 2. The molecule has 348 valence electrons. The number of sulfonamides is 1. The lowest BCUT2D eigenvalue weighted by molar-refractivity contribution is -0.156. The molecular formula is C49H95N3O6S. The van der Waals surface area contributed by atoms with E-state index in [1.165, 1.54) is 103 Å². The fourth-order valence-corrected chi connectivity index (χ4v) is 9.99. The second kappa shape index (κ2) is 33.3. The van der Waals surface area contributed by atoms with Crippen LogP contribution in [0.4, 0.5) is 0 Å². The Morgan fingerprint density at radius 1 is 0.542 bits per heavy atom. The molecule has 2 saturated heterocycles. The van der Waals surface area contributed by atoms with E-state index in [2.05, 4.69) is 42.2 Å². The minimum Gasteiger partial charge on any atom is -0.464 e. The van der Waals surface area contributed by atoms with Crippen LogP contribution in [0.3, 0.4) is 0 Å². The van der Waals surface area contributed by atoms with Crippen LogP contribution in [0.1, 0.15) is 221 Å². The highest BCUT2D eigenvalue weighted by Crippen LogP contribution is 2.41. The van der Waals surface area contributed by atoms with E-state index in [4.69, 9.17) is 9.47 Å². The first-order valence-corrected chi connectivity index (χ1v) is 27.0. The van der Waals surface area contributed by atoms with Crippen molar-refractivity contribution in [1.82, 2.24) is 14.5 Å². The van der Waals surface area contributed by atoms with Crippen LogP contribution in [-0.2, 0) is 29.1 Å². The second-order valence-electron chi connectivity index (χ2n) is 18.6. The molecule has 0 bridgehead atoms. The molecule has 2 atom stereocenters. The summed E-state index contributed by atoms with van der Waals surface area (Å²) in [6.07, 6.45) is 32.9. The van der Waals surface area contributed by atoms with Crippen LogP contribution in [0, 0.1) is 17.3 Å². The molecule has 1 spiro atoms. The number of hydrogen-bond donors (Lipinski definition) is 1. The van der Waals surface area contributed by atoms with Gasteiger partial charge in [-0.05, 0) is 103 Å². The van der Waals surface area contributed by atoms with Crippen molar-refractivity contribution in [3.8, 4) is 0 Å². The Morgan fingerprint density at radius 2 is 0.915 bits per heavy atom. The van der Waals surface area contributed by atoms with Gasteiger partial charge in [-0.3, -0.25) is 14.5 Å². The lowest BCUT2D eigenvalue weighted by Gasteiger charge is -2.48. The number of hydrogen-bond acceptors (Lipinski definition) is 8. The molecule has 0 saturated carbocycles. The first kappa shape index (κ1) is 53.9. The summed E-state index contributed by atoms with van der Waals surface area (Å²) >= 11 is 0. The summed E-state index contributed by atoms with van der Waals surface area (Å²) in [6, 6.07) is -0.128. The van der Waals surface area contributed by atoms with E-state index in [-0.39, 0.29) is 48.8 Å². The molecule has 2 aliphatic rings. The molecule has 0 amide bonds. The molecule has 2 fully saturated rings. The monoisotopic (exact) mass is 854 g/mol. The Bertz CT molecular complexity index is 1100. The van der Waals surface area contributed by atoms with E-state index in [0.717, 1.165) is 116 Å². The highest BCUT2D eigenvalue weighted by molar-refractivity contribution is 7.89. The Labute approximate surface area is 365 Å². The molecule has 10 heteroatoms. The maximum Gasteiger partial charge on any atom is 0.308 e. The number of nitrogens with one attached hydrogen (secondary N) is 1.